The van der Waals surface area contributed by atoms with E-state index in [2.05, 4.69) is 9.97 Å². The summed E-state index contributed by atoms with van der Waals surface area (Å²) in [5.74, 6) is -2.25. The van der Waals surface area contributed by atoms with Gasteiger partial charge in [-0.1, -0.05) is 56.3 Å². The summed E-state index contributed by atoms with van der Waals surface area (Å²) in [5, 5.41) is 15.1. The molecule has 0 amide bonds. The zero-order chi connectivity index (χ0) is 35.4. The molecule has 1 atom stereocenters. The fraction of sp³-hybridized carbons (Fsp3) is 0.405. The second kappa shape index (κ2) is 12.9. The van der Waals surface area contributed by atoms with E-state index in [1.54, 1.807) is 36.1 Å². The number of fused-ring (bicyclic) bond motifs is 8. The highest BCUT2D eigenvalue weighted by molar-refractivity contribution is 7.99. The van der Waals surface area contributed by atoms with Crippen LogP contribution in [0.4, 0.5) is 8.78 Å². The van der Waals surface area contributed by atoms with Gasteiger partial charge in [0.25, 0.3) is 0 Å². The number of H-pyrrole nitrogens is 1. The molecule has 3 aromatic heterocycles. The standard InChI is InChI=1S/C37H39F2N5O4S2/c1-36(2)12-5-8-25(23-7-4-6-22(18-23)20-37(13-14-37)35(45)46)33-42-34(44(3)43-33)28-19-24(9-15-40-28)49-32-27(11-17-50(47,48)21-36)26-10-16-41-31(26)29(38)30(32)39/h4,6-7,9-10,15-16,18-19,25,41H,5,8,11-14,17,20-21H2,1-3H3,(H,45,46). The van der Waals surface area contributed by atoms with Crippen molar-refractivity contribution in [2.24, 2.45) is 17.9 Å². The van der Waals surface area contributed by atoms with Crippen LogP contribution in [0.3, 0.4) is 0 Å². The van der Waals surface area contributed by atoms with Crippen LogP contribution in [0.25, 0.3) is 22.4 Å². The number of pyridine rings is 1. The Bertz CT molecular complexity index is 2230. The van der Waals surface area contributed by atoms with Gasteiger partial charge >= 0.3 is 5.97 Å². The number of aromatic amines is 1. The lowest BCUT2D eigenvalue weighted by Gasteiger charge is -2.26. The van der Waals surface area contributed by atoms with Gasteiger partial charge in [0, 0.05) is 35.6 Å². The molecule has 4 bridgehead atoms. The number of halogens is 2. The third-order valence-electron chi connectivity index (χ3n) is 10.1. The molecule has 262 valence electrons. The molecule has 0 spiro atoms. The maximum Gasteiger partial charge on any atom is 0.309 e. The van der Waals surface area contributed by atoms with Crippen LogP contribution in [0, 0.1) is 22.5 Å². The van der Waals surface area contributed by atoms with Gasteiger partial charge in [-0.2, -0.15) is 5.10 Å². The number of aromatic nitrogens is 5. The number of hydrogen-bond donors (Lipinski definition) is 2. The summed E-state index contributed by atoms with van der Waals surface area (Å²) >= 11 is 1.03. The summed E-state index contributed by atoms with van der Waals surface area (Å²) < 4.78 is 59.9. The SMILES string of the molecule is Cn1nc2nc1-c1cc(ccn1)Sc1c(F)c(F)c3[nH]ccc3c1CCS(=O)(=O)CC(C)(C)CCCC2c1cccc(CC2(C(=O)O)CC2)c1. The average Bonchev–Trinajstić information content (AvgIpc) is 3.49. The fourth-order valence-electron chi connectivity index (χ4n) is 7.27. The van der Waals surface area contributed by atoms with Crippen molar-refractivity contribution in [3.8, 4) is 11.5 Å². The molecular formula is C37H39F2N5O4S2. The van der Waals surface area contributed by atoms with Gasteiger partial charge in [-0.25, -0.2) is 26.9 Å². The third kappa shape index (κ3) is 6.81. The van der Waals surface area contributed by atoms with E-state index in [-0.39, 0.29) is 34.3 Å². The van der Waals surface area contributed by atoms with Crippen LogP contribution in [0.15, 0.2) is 64.6 Å². The minimum Gasteiger partial charge on any atom is -0.481 e. The van der Waals surface area contributed by atoms with E-state index in [1.807, 2.05) is 38.1 Å². The first-order valence-corrected chi connectivity index (χ1v) is 19.4. The fourth-order valence-corrected chi connectivity index (χ4v) is 10.3. The number of nitrogens with zero attached hydrogens (tertiary/aromatic N) is 4. The number of rotatable bonds is 4. The Morgan fingerprint density at radius 1 is 1.12 bits per heavy atom. The Kier molecular flexibility index (Phi) is 8.86. The highest BCUT2D eigenvalue weighted by atomic mass is 32.2. The van der Waals surface area contributed by atoms with E-state index in [0.717, 1.165) is 22.9 Å². The van der Waals surface area contributed by atoms with Crippen LogP contribution in [0.2, 0.25) is 0 Å². The zero-order valence-electron chi connectivity index (χ0n) is 28.2. The van der Waals surface area contributed by atoms with Gasteiger partial charge in [-0.15, -0.1) is 0 Å². The second-order valence-electron chi connectivity index (χ2n) is 14.6. The summed E-state index contributed by atoms with van der Waals surface area (Å²) in [4.78, 5) is 24.9. The summed E-state index contributed by atoms with van der Waals surface area (Å²) in [7, 11) is -1.81. The van der Waals surface area contributed by atoms with Crippen molar-refractivity contribution >= 4 is 38.5 Å². The van der Waals surface area contributed by atoms with Gasteiger partial charge in [0.1, 0.15) is 5.69 Å². The third-order valence-corrected chi connectivity index (χ3v) is 13.2. The maximum absolute atomic E-state index is 15.8. The lowest BCUT2D eigenvalue weighted by atomic mass is 9.84. The number of benzene rings is 2. The van der Waals surface area contributed by atoms with Crippen molar-refractivity contribution in [1.82, 2.24) is 24.7 Å². The molecule has 0 radical (unpaired) electrons. The van der Waals surface area contributed by atoms with Gasteiger partial charge in [-0.3, -0.25) is 9.78 Å². The molecule has 13 heteroatoms. The molecule has 1 unspecified atom stereocenters. The van der Waals surface area contributed by atoms with Crippen molar-refractivity contribution in [3.05, 3.63) is 89.0 Å². The Morgan fingerprint density at radius 2 is 1.92 bits per heavy atom. The largest absolute Gasteiger partial charge is 0.481 e. The molecule has 1 aliphatic carbocycles. The van der Waals surface area contributed by atoms with E-state index >= 15 is 8.78 Å². The van der Waals surface area contributed by atoms with Crippen LogP contribution in [-0.2, 0) is 34.5 Å². The van der Waals surface area contributed by atoms with E-state index < -0.39 is 38.3 Å². The maximum atomic E-state index is 15.8. The number of carbonyl (C=O) groups is 1. The Morgan fingerprint density at radius 3 is 2.68 bits per heavy atom. The van der Waals surface area contributed by atoms with Crippen LogP contribution in [0.1, 0.15) is 74.4 Å². The summed E-state index contributed by atoms with van der Waals surface area (Å²) in [6, 6.07) is 13.1. The van der Waals surface area contributed by atoms with E-state index in [9.17, 15) is 18.3 Å². The minimum absolute atomic E-state index is 0.0118. The number of aryl methyl sites for hydroxylation is 2. The predicted octanol–water partition coefficient (Wildman–Crippen LogP) is 7.49. The van der Waals surface area contributed by atoms with Crippen LogP contribution >= 0.6 is 11.8 Å². The molecule has 2 aromatic carbocycles. The van der Waals surface area contributed by atoms with Crippen LogP contribution < -0.4 is 0 Å². The summed E-state index contributed by atoms with van der Waals surface area (Å²) in [5.41, 5.74) is 1.58. The topological polar surface area (TPSA) is 131 Å². The molecule has 5 aromatic rings. The smallest absolute Gasteiger partial charge is 0.309 e. The number of sulfone groups is 1. The van der Waals surface area contributed by atoms with Crippen LogP contribution in [0.5, 0.6) is 0 Å². The molecular weight excluding hydrogens is 681 g/mol. The Labute approximate surface area is 293 Å². The lowest BCUT2D eigenvalue weighted by Crippen LogP contribution is -2.27. The number of carboxylic acids is 1. The van der Waals surface area contributed by atoms with E-state index in [4.69, 9.17) is 10.1 Å². The minimum atomic E-state index is -3.59. The zero-order valence-corrected chi connectivity index (χ0v) is 29.8. The van der Waals surface area contributed by atoms with Crippen molar-refractivity contribution < 1.29 is 27.1 Å². The lowest BCUT2D eigenvalue weighted by molar-refractivity contribution is -0.143. The van der Waals surface area contributed by atoms with Gasteiger partial charge in [0.05, 0.1) is 27.3 Å². The molecule has 4 heterocycles. The molecule has 9 nitrogen and oxygen atoms in total. The summed E-state index contributed by atoms with van der Waals surface area (Å²) in [6.45, 7) is 3.88. The first-order chi connectivity index (χ1) is 23.7. The molecule has 50 heavy (non-hydrogen) atoms. The number of aliphatic carboxylic acids is 1. The molecule has 7 rings (SSSR count). The summed E-state index contributed by atoms with van der Waals surface area (Å²) in [6.07, 6.45) is 6.85. The quantitative estimate of drug-likeness (QED) is 0.195. The van der Waals surface area contributed by atoms with Gasteiger partial charge in [-0.05, 0) is 78.8 Å². The molecule has 1 aliphatic heterocycles. The first-order valence-electron chi connectivity index (χ1n) is 16.8. The second-order valence-corrected chi connectivity index (χ2v) is 17.8. The van der Waals surface area contributed by atoms with Gasteiger partial charge in [0.2, 0.25) is 0 Å². The van der Waals surface area contributed by atoms with Crippen molar-refractivity contribution in [1.29, 1.82) is 0 Å². The van der Waals surface area contributed by atoms with E-state index in [1.165, 1.54) is 6.20 Å². The monoisotopic (exact) mass is 719 g/mol. The number of carboxylic acid groups (broad SMARTS) is 1. The predicted molar refractivity (Wildman–Crippen MR) is 188 cm³/mol. The molecule has 1 fully saturated rings. The number of nitrogens with one attached hydrogen (secondary N) is 1. The van der Waals surface area contributed by atoms with Crippen molar-refractivity contribution in [2.45, 2.75) is 74.5 Å². The van der Waals surface area contributed by atoms with Crippen molar-refractivity contribution in [3.63, 3.8) is 0 Å². The van der Waals surface area contributed by atoms with Gasteiger partial charge < -0.3 is 10.1 Å². The highest BCUT2D eigenvalue weighted by Gasteiger charge is 2.50. The normalized spacial score (nSPS) is 20.1. The van der Waals surface area contributed by atoms with E-state index in [0.29, 0.717) is 71.7 Å². The first kappa shape index (κ1) is 34.4. The van der Waals surface area contributed by atoms with Crippen molar-refractivity contribution in [2.75, 3.05) is 11.5 Å². The molecule has 2 N–H and O–H groups in total. The van der Waals surface area contributed by atoms with Crippen LogP contribution in [-0.4, -0.2) is 55.7 Å². The Balaban J connectivity index is 1.32. The Hall–Kier alpha value is -4.10. The van der Waals surface area contributed by atoms with Gasteiger partial charge in [0.15, 0.2) is 33.1 Å². The molecule has 2 aliphatic rings. The molecule has 1 saturated carbocycles. The molecule has 0 saturated heterocycles. The number of hydrogen-bond acceptors (Lipinski definition) is 7. The highest BCUT2D eigenvalue weighted by Crippen LogP contribution is 2.49. The average molecular weight is 720 g/mol.